The molecule has 0 aromatic carbocycles. The first-order chi connectivity index (χ1) is 5.22. The molecule has 1 aromatic heterocycles. The van der Waals surface area contributed by atoms with Crippen LogP contribution < -0.4 is 0 Å². The van der Waals surface area contributed by atoms with E-state index < -0.39 is 0 Å². The highest BCUT2D eigenvalue weighted by Gasteiger charge is 2.01. The van der Waals surface area contributed by atoms with Crippen LogP contribution in [0.5, 0.6) is 0 Å². The van der Waals surface area contributed by atoms with Crippen LogP contribution in [0.2, 0.25) is 0 Å². The second kappa shape index (κ2) is 3.91. The molecule has 1 aromatic rings. The zero-order valence-electron chi connectivity index (χ0n) is 7.42. The van der Waals surface area contributed by atoms with Crippen LogP contribution in [0.1, 0.15) is 24.5 Å². The molecule has 0 fully saturated rings. The van der Waals surface area contributed by atoms with Gasteiger partial charge in [0, 0.05) is 17.5 Å². The minimum absolute atomic E-state index is 0.728. The van der Waals surface area contributed by atoms with Gasteiger partial charge in [-0.1, -0.05) is 13.8 Å². The van der Waals surface area contributed by atoms with Crippen molar-refractivity contribution in [3.8, 4) is 0 Å². The van der Waals surface area contributed by atoms with Gasteiger partial charge in [0.1, 0.15) is 7.85 Å². The molecule has 1 heterocycles. The van der Waals surface area contributed by atoms with E-state index in [1.165, 1.54) is 10.7 Å². The molecule has 11 heavy (non-hydrogen) atoms. The number of hydrogen-bond acceptors (Lipinski definition) is 2. The van der Waals surface area contributed by atoms with E-state index in [-0.39, 0.29) is 0 Å². The summed E-state index contributed by atoms with van der Waals surface area (Å²) in [7, 11) is 2.15. The van der Waals surface area contributed by atoms with E-state index in [1.807, 2.05) is 0 Å². The maximum Gasteiger partial charge on any atom is 0.109 e. The highest BCUT2D eigenvalue weighted by atomic mass is 32.1. The molecule has 0 spiro atoms. The summed E-state index contributed by atoms with van der Waals surface area (Å²) in [4.78, 5) is 4.49. The topological polar surface area (TPSA) is 12.9 Å². The Balaban J connectivity index is 2.58. The van der Waals surface area contributed by atoms with Crippen LogP contribution in [0.15, 0.2) is 5.38 Å². The zero-order chi connectivity index (χ0) is 8.27. The van der Waals surface area contributed by atoms with E-state index in [9.17, 15) is 0 Å². The van der Waals surface area contributed by atoms with Gasteiger partial charge in [0.2, 0.25) is 0 Å². The SMILES string of the molecule is BCc1csc(CC(C)C)n1. The van der Waals surface area contributed by atoms with Gasteiger partial charge < -0.3 is 0 Å². The number of rotatable bonds is 3. The molecule has 60 valence electrons. The average Bonchev–Trinajstić information content (AvgIpc) is 2.34. The van der Waals surface area contributed by atoms with Crippen LogP contribution >= 0.6 is 11.3 Å². The molecular weight excluding hydrogens is 153 g/mol. The lowest BCUT2D eigenvalue weighted by Gasteiger charge is -1.98. The fourth-order valence-corrected chi connectivity index (χ4v) is 2.05. The normalized spacial score (nSPS) is 10.8. The van der Waals surface area contributed by atoms with Gasteiger partial charge in [0.25, 0.3) is 0 Å². The van der Waals surface area contributed by atoms with Crippen molar-refractivity contribution in [2.24, 2.45) is 5.92 Å². The van der Waals surface area contributed by atoms with Crippen molar-refractivity contribution < 1.29 is 0 Å². The van der Waals surface area contributed by atoms with E-state index in [0.29, 0.717) is 0 Å². The average molecular weight is 167 g/mol. The summed E-state index contributed by atoms with van der Waals surface area (Å²) in [6.45, 7) is 4.46. The van der Waals surface area contributed by atoms with E-state index in [0.717, 1.165) is 18.7 Å². The Morgan fingerprint density at radius 2 is 2.36 bits per heavy atom. The summed E-state index contributed by atoms with van der Waals surface area (Å²) in [5, 5.41) is 3.45. The van der Waals surface area contributed by atoms with Crippen LogP contribution in [0, 0.1) is 5.92 Å². The lowest BCUT2D eigenvalue weighted by molar-refractivity contribution is 0.643. The molecule has 0 N–H and O–H groups in total. The molecule has 0 aliphatic rings. The molecule has 0 radical (unpaired) electrons. The summed E-state index contributed by atoms with van der Waals surface area (Å²) in [5.74, 6) is 0.728. The van der Waals surface area contributed by atoms with Crippen LogP contribution in [0.4, 0.5) is 0 Å². The van der Waals surface area contributed by atoms with Crippen LogP contribution in [-0.2, 0) is 12.7 Å². The van der Waals surface area contributed by atoms with Crippen molar-refractivity contribution in [1.29, 1.82) is 0 Å². The first kappa shape index (κ1) is 8.79. The Morgan fingerprint density at radius 1 is 1.64 bits per heavy atom. The smallest absolute Gasteiger partial charge is 0.109 e. The van der Waals surface area contributed by atoms with Crippen LogP contribution in [0.3, 0.4) is 0 Å². The molecule has 0 atom stereocenters. The number of hydrogen-bond donors (Lipinski definition) is 0. The third-order valence-corrected chi connectivity index (χ3v) is 2.46. The fraction of sp³-hybridized carbons (Fsp3) is 0.625. The summed E-state index contributed by atoms with van der Waals surface area (Å²) >= 11 is 1.79. The predicted molar refractivity (Wildman–Crippen MR) is 52.9 cm³/mol. The van der Waals surface area contributed by atoms with Gasteiger partial charge in [-0.25, -0.2) is 4.98 Å². The first-order valence-electron chi connectivity index (χ1n) is 4.15. The first-order valence-corrected chi connectivity index (χ1v) is 5.03. The van der Waals surface area contributed by atoms with Gasteiger partial charge in [-0.15, -0.1) is 11.3 Å². The third-order valence-electron chi connectivity index (χ3n) is 1.54. The standard InChI is InChI=1S/C8H14BNS/c1-6(2)3-8-10-7(4-9)5-11-8/h5-6H,3-4,9H2,1-2H3. The Morgan fingerprint density at radius 3 is 2.82 bits per heavy atom. The maximum atomic E-state index is 4.49. The van der Waals surface area contributed by atoms with Crippen molar-refractivity contribution in [2.45, 2.75) is 26.6 Å². The van der Waals surface area contributed by atoms with Gasteiger partial charge in [0.15, 0.2) is 0 Å². The van der Waals surface area contributed by atoms with Gasteiger partial charge in [-0.3, -0.25) is 0 Å². The lowest BCUT2D eigenvalue weighted by atomic mass is 10.0. The Bertz CT molecular complexity index is 220. The fourth-order valence-electron chi connectivity index (χ4n) is 0.954. The van der Waals surface area contributed by atoms with E-state index in [1.54, 1.807) is 11.3 Å². The van der Waals surface area contributed by atoms with Crippen LogP contribution in [-0.4, -0.2) is 12.8 Å². The Hall–Kier alpha value is -0.305. The Labute approximate surface area is 73.3 Å². The lowest BCUT2D eigenvalue weighted by Crippen LogP contribution is -1.93. The van der Waals surface area contributed by atoms with Gasteiger partial charge in [-0.05, 0) is 12.2 Å². The van der Waals surface area contributed by atoms with E-state index in [2.05, 4.69) is 32.1 Å². The van der Waals surface area contributed by atoms with Crippen molar-refractivity contribution >= 4 is 19.2 Å². The second-order valence-electron chi connectivity index (χ2n) is 3.18. The molecule has 1 rings (SSSR count). The molecule has 0 saturated carbocycles. The van der Waals surface area contributed by atoms with E-state index in [4.69, 9.17) is 0 Å². The monoisotopic (exact) mass is 167 g/mol. The highest BCUT2D eigenvalue weighted by molar-refractivity contribution is 7.09. The van der Waals surface area contributed by atoms with E-state index >= 15 is 0 Å². The number of thiazole rings is 1. The molecule has 0 amide bonds. The maximum absolute atomic E-state index is 4.49. The molecule has 3 heteroatoms. The summed E-state index contributed by atoms with van der Waals surface area (Å²) in [6.07, 6.45) is 2.19. The van der Waals surface area contributed by atoms with Crippen molar-refractivity contribution in [3.05, 3.63) is 16.1 Å². The quantitative estimate of drug-likeness (QED) is 0.621. The highest BCUT2D eigenvalue weighted by Crippen LogP contribution is 2.13. The molecule has 0 saturated heterocycles. The summed E-state index contributed by atoms with van der Waals surface area (Å²) < 4.78 is 0. The molecule has 0 bridgehead atoms. The number of nitrogens with zero attached hydrogens (tertiary/aromatic N) is 1. The Kier molecular flexibility index (Phi) is 3.12. The van der Waals surface area contributed by atoms with Crippen molar-refractivity contribution in [3.63, 3.8) is 0 Å². The van der Waals surface area contributed by atoms with Crippen molar-refractivity contribution in [1.82, 2.24) is 4.98 Å². The summed E-state index contributed by atoms with van der Waals surface area (Å²) in [5.41, 5.74) is 1.24. The predicted octanol–water partition coefficient (Wildman–Crippen LogP) is 1.47. The minimum Gasteiger partial charge on any atom is -0.247 e. The van der Waals surface area contributed by atoms with Gasteiger partial charge in [-0.2, -0.15) is 0 Å². The molecule has 1 nitrogen and oxygen atoms in total. The summed E-state index contributed by atoms with van der Waals surface area (Å²) in [6, 6.07) is 0. The van der Waals surface area contributed by atoms with Crippen molar-refractivity contribution in [2.75, 3.05) is 0 Å². The van der Waals surface area contributed by atoms with Gasteiger partial charge >= 0.3 is 0 Å². The molecule has 0 aliphatic carbocycles. The minimum atomic E-state index is 0.728. The molecule has 0 unspecified atom stereocenters. The van der Waals surface area contributed by atoms with Crippen LogP contribution in [0.25, 0.3) is 0 Å². The molecular formula is C8H14BNS. The van der Waals surface area contributed by atoms with Gasteiger partial charge in [0.05, 0.1) is 5.01 Å². The second-order valence-corrected chi connectivity index (χ2v) is 4.13. The largest absolute Gasteiger partial charge is 0.247 e. The zero-order valence-corrected chi connectivity index (χ0v) is 8.24. The molecule has 0 aliphatic heterocycles. The third kappa shape index (κ3) is 2.66. The number of aromatic nitrogens is 1.